The summed E-state index contributed by atoms with van der Waals surface area (Å²) in [5.74, 6) is 0.698. The van der Waals surface area contributed by atoms with Crippen LogP contribution in [0.4, 0.5) is 10.2 Å². The van der Waals surface area contributed by atoms with Crippen LogP contribution in [0.15, 0.2) is 22.8 Å². The molecule has 9 heteroatoms. The highest BCUT2D eigenvalue weighted by molar-refractivity contribution is 6.28. The van der Waals surface area contributed by atoms with Gasteiger partial charge < -0.3 is 20.0 Å². The van der Waals surface area contributed by atoms with Gasteiger partial charge in [0.05, 0.1) is 23.9 Å². The Kier molecular flexibility index (Phi) is 6.26. The molecule has 0 radical (unpaired) electrons. The summed E-state index contributed by atoms with van der Waals surface area (Å²) in [4.78, 5) is 8.36. The van der Waals surface area contributed by atoms with Crippen LogP contribution in [0.25, 0.3) is 11.0 Å². The lowest BCUT2D eigenvalue weighted by molar-refractivity contribution is 0.518. The van der Waals surface area contributed by atoms with Crippen molar-refractivity contribution in [1.29, 1.82) is 0 Å². The van der Waals surface area contributed by atoms with Crippen LogP contribution in [-0.4, -0.2) is 20.6 Å². The van der Waals surface area contributed by atoms with Crippen molar-refractivity contribution in [1.82, 2.24) is 14.5 Å². The summed E-state index contributed by atoms with van der Waals surface area (Å²) in [6, 6.07) is 3.44. The average molecular weight is 388 g/mol. The van der Waals surface area contributed by atoms with E-state index in [0.717, 1.165) is 0 Å². The Morgan fingerprint density at radius 1 is 1.44 bits per heavy atom. The number of halogens is 3. The van der Waals surface area contributed by atoms with Gasteiger partial charge in [-0.15, -0.1) is 12.4 Å². The van der Waals surface area contributed by atoms with E-state index in [9.17, 15) is 0 Å². The lowest BCUT2D eigenvalue weighted by atomic mass is 10.2. The first-order valence-electron chi connectivity index (χ1n) is 7.77. The van der Waals surface area contributed by atoms with Crippen molar-refractivity contribution >= 4 is 40.9 Å². The molecule has 1 unspecified atom stereocenters. The van der Waals surface area contributed by atoms with Gasteiger partial charge in [0.25, 0.3) is 0 Å². The number of nitrogens with two attached hydrogens (primary N) is 1. The van der Waals surface area contributed by atoms with Gasteiger partial charge in [-0.05, 0) is 37.6 Å². The molecular formula is C16H20Cl2FN5O. The molecule has 3 rings (SSSR count). The first-order valence-corrected chi connectivity index (χ1v) is 8.15. The molecule has 0 aromatic carbocycles. The topological polar surface area (TPSA) is 81.9 Å². The van der Waals surface area contributed by atoms with Crippen molar-refractivity contribution in [2.24, 2.45) is 5.73 Å². The summed E-state index contributed by atoms with van der Waals surface area (Å²) in [6.45, 7) is 4.70. The summed E-state index contributed by atoms with van der Waals surface area (Å²) < 4.78 is 22.1. The number of fused-ring (bicyclic) bond motifs is 1. The maximum atomic E-state index is 15.0. The van der Waals surface area contributed by atoms with E-state index in [2.05, 4.69) is 15.3 Å². The monoisotopic (exact) mass is 387 g/mol. The van der Waals surface area contributed by atoms with E-state index in [-0.39, 0.29) is 29.5 Å². The number of aryl methyl sites for hydroxylation is 1. The van der Waals surface area contributed by atoms with E-state index < -0.39 is 0 Å². The molecule has 3 N–H and O–H groups in total. The molecule has 0 bridgehead atoms. The largest absolute Gasteiger partial charge is 0.467 e. The van der Waals surface area contributed by atoms with Gasteiger partial charge in [-0.2, -0.15) is 9.97 Å². The van der Waals surface area contributed by atoms with E-state index in [4.69, 9.17) is 21.8 Å². The van der Waals surface area contributed by atoms with Crippen LogP contribution in [0.3, 0.4) is 0 Å². The van der Waals surface area contributed by atoms with Crippen LogP contribution in [-0.2, 0) is 19.5 Å². The lowest BCUT2D eigenvalue weighted by Gasteiger charge is -2.09. The van der Waals surface area contributed by atoms with E-state index in [1.54, 1.807) is 16.9 Å². The highest BCUT2D eigenvalue weighted by atomic mass is 35.5. The highest BCUT2D eigenvalue weighted by Crippen LogP contribution is 2.31. The van der Waals surface area contributed by atoms with Crippen molar-refractivity contribution < 1.29 is 8.81 Å². The summed E-state index contributed by atoms with van der Waals surface area (Å²) in [7, 11) is 0. The van der Waals surface area contributed by atoms with Gasteiger partial charge in [0, 0.05) is 19.0 Å². The normalized spacial score (nSPS) is 12.2. The molecule has 0 fully saturated rings. The van der Waals surface area contributed by atoms with Crippen molar-refractivity contribution in [3.63, 3.8) is 0 Å². The molecule has 3 aromatic heterocycles. The van der Waals surface area contributed by atoms with Crippen LogP contribution in [0.1, 0.15) is 25.3 Å². The molecule has 1 atom stereocenters. The first-order chi connectivity index (χ1) is 11.5. The zero-order chi connectivity index (χ0) is 17.3. The van der Waals surface area contributed by atoms with E-state index in [1.165, 1.54) is 0 Å². The summed E-state index contributed by atoms with van der Waals surface area (Å²) >= 11 is 6.03. The van der Waals surface area contributed by atoms with Crippen LogP contribution < -0.4 is 11.1 Å². The fraction of sp³-hybridized carbons (Fsp3) is 0.375. The van der Waals surface area contributed by atoms with E-state index >= 15 is 4.39 Å². The second-order valence-electron chi connectivity index (χ2n) is 5.66. The fourth-order valence-electron chi connectivity index (χ4n) is 2.77. The Labute approximate surface area is 156 Å². The Morgan fingerprint density at radius 3 is 2.80 bits per heavy atom. The van der Waals surface area contributed by atoms with E-state index in [1.807, 2.05) is 19.9 Å². The lowest BCUT2D eigenvalue weighted by Crippen LogP contribution is -2.20. The Bertz CT molecular complexity index is 848. The number of aromatic nitrogens is 3. The van der Waals surface area contributed by atoms with Crippen LogP contribution in [0, 0.1) is 5.82 Å². The molecule has 0 saturated heterocycles. The zero-order valence-corrected chi connectivity index (χ0v) is 15.5. The third-order valence-corrected chi connectivity index (χ3v) is 3.93. The van der Waals surface area contributed by atoms with Crippen LogP contribution >= 0.6 is 24.0 Å². The predicted octanol–water partition coefficient (Wildman–Crippen LogP) is 3.76. The van der Waals surface area contributed by atoms with Crippen LogP contribution in [0.2, 0.25) is 5.28 Å². The van der Waals surface area contributed by atoms with Gasteiger partial charge in [-0.1, -0.05) is 0 Å². The SMILES string of the molecule is CCn1c(CC(C)N)c(F)c2c(NCc3ccco3)nc(Cl)nc21.Cl. The molecule has 0 aliphatic rings. The minimum absolute atomic E-state index is 0. The highest BCUT2D eigenvalue weighted by Gasteiger charge is 2.23. The number of rotatable bonds is 6. The van der Waals surface area contributed by atoms with Gasteiger partial charge in [0.2, 0.25) is 5.28 Å². The number of hydrogen-bond acceptors (Lipinski definition) is 5. The molecule has 3 heterocycles. The molecule has 0 saturated carbocycles. The molecule has 3 aromatic rings. The quantitative estimate of drug-likeness (QED) is 0.629. The molecule has 0 aliphatic heterocycles. The summed E-state index contributed by atoms with van der Waals surface area (Å²) in [6.07, 6.45) is 1.99. The van der Waals surface area contributed by atoms with Gasteiger partial charge in [-0.25, -0.2) is 4.39 Å². The van der Waals surface area contributed by atoms with Gasteiger partial charge in [0.15, 0.2) is 5.82 Å². The molecule has 0 amide bonds. The number of anilines is 1. The Morgan fingerprint density at radius 2 is 2.20 bits per heavy atom. The van der Waals surface area contributed by atoms with Crippen molar-refractivity contribution in [3.8, 4) is 0 Å². The average Bonchev–Trinajstić information content (AvgIpc) is 3.12. The van der Waals surface area contributed by atoms with Crippen molar-refractivity contribution in [3.05, 3.63) is 41.0 Å². The van der Waals surface area contributed by atoms with Gasteiger partial charge in [-0.3, -0.25) is 0 Å². The number of nitrogens with one attached hydrogen (secondary N) is 1. The maximum Gasteiger partial charge on any atom is 0.226 e. The standard InChI is InChI=1S/C16H19ClFN5O.ClH/c1-3-23-11(7-9(2)19)13(18)12-14(21-16(17)22-15(12)23)20-8-10-5-4-6-24-10;/h4-6,9H,3,7-8,19H2,1-2H3,(H,20,21,22);1H. The molecular weight excluding hydrogens is 368 g/mol. The molecule has 6 nitrogen and oxygen atoms in total. The fourth-order valence-corrected chi connectivity index (χ4v) is 2.93. The molecule has 136 valence electrons. The second kappa shape index (κ2) is 8.03. The minimum Gasteiger partial charge on any atom is -0.467 e. The third-order valence-electron chi connectivity index (χ3n) is 3.76. The molecule has 25 heavy (non-hydrogen) atoms. The number of furan rings is 1. The first kappa shape index (κ1) is 19.5. The zero-order valence-electron chi connectivity index (χ0n) is 13.9. The molecule has 0 spiro atoms. The van der Waals surface area contributed by atoms with Gasteiger partial charge >= 0.3 is 0 Å². The van der Waals surface area contributed by atoms with Crippen molar-refractivity contribution in [2.75, 3.05) is 5.32 Å². The van der Waals surface area contributed by atoms with Gasteiger partial charge in [0.1, 0.15) is 17.2 Å². The van der Waals surface area contributed by atoms with Crippen LogP contribution in [0.5, 0.6) is 0 Å². The smallest absolute Gasteiger partial charge is 0.226 e. The van der Waals surface area contributed by atoms with Crippen molar-refractivity contribution in [2.45, 2.75) is 39.4 Å². The Hall–Kier alpha value is -1.83. The predicted molar refractivity (Wildman–Crippen MR) is 98.8 cm³/mol. The summed E-state index contributed by atoms with van der Waals surface area (Å²) in [5.41, 5.74) is 6.84. The summed E-state index contributed by atoms with van der Waals surface area (Å²) in [5, 5.41) is 3.46. The molecule has 0 aliphatic carbocycles. The third kappa shape index (κ3) is 3.89. The Balaban J connectivity index is 0.00000225. The number of nitrogens with zero attached hydrogens (tertiary/aromatic N) is 3. The number of hydrogen-bond donors (Lipinski definition) is 2. The minimum atomic E-state index is -0.359. The van der Waals surface area contributed by atoms with E-state index in [0.29, 0.717) is 47.8 Å². The second-order valence-corrected chi connectivity index (χ2v) is 6.00. The maximum absolute atomic E-state index is 15.0.